The van der Waals surface area contributed by atoms with Crippen molar-refractivity contribution in [2.45, 2.75) is 54.4 Å². The lowest BCUT2D eigenvalue weighted by Crippen LogP contribution is -2.51. The van der Waals surface area contributed by atoms with E-state index in [1.165, 1.54) is 7.11 Å². The minimum atomic E-state index is -4.22. The van der Waals surface area contributed by atoms with Crippen LogP contribution in [0.3, 0.4) is 0 Å². The fourth-order valence-corrected chi connectivity index (χ4v) is 5.61. The molecule has 2 aromatic rings. The predicted octanol–water partition coefficient (Wildman–Crippen LogP) is 6.16. The Bertz CT molecular complexity index is 1270. The number of ether oxygens (including phenoxy) is 1. The van der Waals surface area contributed by atoms with E-state index in [0.717, 1.165) is 32.2 Å². The molecule has 170 valence electrons. The molecule has 1 aromatic carbocycles. The van der Waals surface area contributed by atoms with Crippen molar-refractivity contribution < 1.29 is 26.6 Å². The van der Waals surface area contributed by atoms with Gasteiger partial charge in [-0.2, -0.15) is 0 Å². The second-order valence-electron chi connectivity index (χ2n) is 8.45. The predicted molar refractivity (Wildman–Crippen MR) is 120 cm³/mol. The van der Waals surface area contributed by atoms with Gasteiger partial charge in [-0.15, -0.1) is 0 Å². The highest BCUT2D eigenvalue weighted by Crippen LogP contribution is 2.47. The highest BCUT2D eigenvalue weighted by molar-refractivity contribution is 6.58. The van der Waals surface area contributed by atoms with E-state index in [9.17, 15) is 4.39 Å². The van der Waals surface area contributed by atoms with Crippen LogP contribution in [-0.2, 0) is 6.42 Å². The molecule has 0 saturated carbocycles. The molecule has 0 saturated heterocycles. The molecule has 0 amide bonds. The molecule has 2 aliphatic heterocycles. The monoisotopic (exact) mass is 446 g/mol. The third-order valence-electron chi connectivity index (χ3n) is 7.01. The second-order valence-corrected chi connectivity index (χ2v) is 8.45. The molecule has 8 heteroatoms. The average molecular weight is 446 g/mol. The Morgan fingerprint density at radius 2 is 1.66 bits per heavy atom. The number of aromatic nitrogens is 1. The van der Waals surface area contributed by atoms with Crippen molar-refractivity contribution in [1.82, 2.24) is 4.48 Å². The Morgan fingerprint density at radius 1 is 1.00 bits per heavy atom. The number of benzene rings is 1. The summed E-state index contributed by atoms with van der Waals surface area (Å²) in [6.07, 6.45) is 1.12. The van der Waals surface area contributed by atoms with Crippen molar-refractivity contribution >= 4 is 18.3 Å². The Hall–Kier alpha value is -2.77. The van der Waals surface area contributed by atoms with Crippen molar-refractivity contribution in [3.05, 3.63) is 68.7 Å². The van der Waals surface area contributed by atoms with Crippen LogP contribution in [0.15, 0.2) is 29.0 Å². The van der Waals surface area contributed by atoms with Gasteiger partial charge in [0.2, 0.25) is 0 Å². The van der Waals surface area contributed by atoms with Crippen LogP contribution in [0.2, 0.25) is 0 Å². The topological polar surface area (TPSA) is 17.2 Å². The third-order valence-corrected chi connectivity index (χ3v) is 7.01. The maximum atomic E-state index is 16.1. The van der Waals surface area contributed by atoms with Crippen molar-refractivity contribution in [2.75, 3.05) is 7.11 Å². The molecule has 1 aromatic heterocycles. The molecule has 0 N–H and O–H groups in total. The number of nitrogens with zero attached hydrogens (tertiary/aromatic N) is 2. The molecular weight excluding hydrogens is 419 g/mol. The lowest BCUT2D eigenvalue weighted by Gasteiger charge is -2.34. The van der Waals surface area contributed by atoms with Crippen molar-refractivity contribution in [2.24, 2.45) is 0 Å². The highest BCUT2D eigenvalue weighted by atomic mass is 19.2. The van der Waals surface area contributed by atoms with Crippen LogP contribution in [0.5, 0.6) is 5.75 Å². The van der Waals surface area contributed by atoms with Gasteiger partial charge >= 0.3 is 6.97 Å². The lowest BCUT2D eigenvalue weighted by molar-refractivity contribution is -0.363. The first-order valence-electron chi connectivity index (χ1n) is 10.9. The zero-order valence-electron chi connectivity index (χ0n) is 19.5. The van der Waals surface area contributed by atoms with E-state index >= 15 is 13.0 Å². The van der Waals surface area contributed by atoms with E-state index in [1.807, 2.05) is 13.8 Å². The van der Waals surface area contributed by atoms with Gasteiger partial charge < -0.3 is 22.3 Å². The van der Waals surface area contributed by atoms with Gasteiger partial charge in [0, 0.05) is 35.4 Å². The van der Waals surface area contributed by atoms with E-state index in [0.29, 0.717) is 35.4 Å². The maximum absolute atomic E-state index is 16.1. The molecule has 3 nitrogen and oxygen atoms in total. The molecule has 3 heterocycles. The average Bonchev–Trinajstić information content (AvgIpc) is 3.14. The number of allylic oxidation sites excluding steroid dienone is 2. The number of halogens is 4. The van der Waals surface area contributed by atoms with Crippen LogP contribution < -0.4 is 4.74 Å². The summed E-state index contributed by atoms with van der Waals surface area (Å²) in [5, 5.41) is 0. The maximum Gasteiger partial charge on any atom is 0.737 e. The second kappa shape index (κ2) is 7.39. The normalized spacial score (nSPS) is 17.3. The Morgan fingerprint density at radius 3 is 2.22 bits per heavy atom. The molecule has 0 unspecified atom stereocenters. The van der Waals surface area contributed by atoms with Crippen LogP contribution in [0.25, 0.3) is 5.57 Å². The Kier molecular flexibility index (Phi) is 5.18. The fourth-order valence-electron chi connectivity index (χ4n) is 5.61. The van der Waals surface area contributed by atoms with Gasteiger partial charge in [0.05, 0.1) is 12.7 Å². The number of rotatable bonds is 4. The van der Waals surface area contributed by atoms with Crippen LogP contribution in [0.4, 0.5) is 17.4 Å². The molecule has 0 spiro atoms. The largest absolute Gasteiger partial charge is 0.737 e. The molecule has 0 radical (unpaired) electrons. The summed E-state index contributed by atoms with van der Waals surface area (Å²) in [5.41, 5.74) is 4.57. The first-order chi connectivity index (χ1) is 15.0. The van der Waals surface area contributed by atoms with E-state index < -0.39 is 18.6 Å². The van der Waals surface area contributed by atoms with Crippen LogP contribution in [0, 0.1) is 25.5 Å². The van der Waals surface area contributed by atoms with Crippen molar-refractivity contribution in [3.8, 4) is 5.75 Å². The van der Waals surface area contributed by atoms with E-state index in [-0.39, 0.29) is 28.3 Å². The van der Waals surface area contributed by atoms with Crippen LogP contribution in [0.1, 0.15) is 62.2 Å². The van der Waals surface area contributed by atoms with Gasteiger partial charge in [-0.05, 0) is 56.5 Å². The van der Waals surface area contributed by atoms with Gasteiger partial charge in [-0.1, -0.05) is 13.8 Å². The highest BCUT2D eigenvalue weighted by Gasteiger charge is 2.57. The molecule has 32 heavy (non-hydrogen) atoms. The summed E-state index contributed by atoms with van der Waals surface area (Å²) in [5.74, 6) is -1.69. The smallest absolute Gasteiger partial charge is 0.494 e. The number of methoxy groups -OCH3 is 1. The van der Waals surface area contributed by atoms with E-state index in [4.69, 9.17) is 4.74 Å². The van der Waals surface area contributed by atoms with Gasteiger partial charge in [-0.25, -0.2) is 8.78 Å². The van der Waals surface area contributed by atoms with Gasteiger partial charge in [0.25, 0.3) is 0 Å². The van der Waals surface area contributed by atoms with E-state index in [1.54, 1.807) is 27.7 Å². The summed E-state index contributed by atoms with van der Waals surface area (Å²) in [6.45, 7) is 6.51. The van der Waals surface area contributed by atoms with Crippen LogP contribution in [-0.4, -0.2) is 28.8 Å². The summed E-state index contributed by atoms with van der Waals surface area (Å²) < 4.78 is 69.4. The molecular formula is C24H27BF4N2O. The Balaban J connectivity index is 2.24. The Labute approximate surface area is 185 Å². The first kappa shape index (κ1) is 22.4. The van der Waals surface area contributed by atoms with Crippen LogP contribution >= 0.6 is 0 Å². The molecule has 0 aliphatic carbocycles. The first-order valence-corrected chi connectivity index (χ1v) is 10.9. The lowest BCUT2D eigenvalue weighted by atomic mass is 9.83. The number of hydrogen-bond donors (Lipinski definition) is 0. The minimum absolute atomic E-state index is 0.0522. The zero-order valence-corrected chi connectivity index (χ0v) is 19.5. The standard InChI is InChI=1S/C24H27BF4N2O/c1-8-16-12(3)23-22(18-10-20(27)21(32-7)11-19(18)26)24-13(4)17(9-2)15(6)31(24)25(28,29)30(23)14(16)5/h10-11H,8-9H2,1-7H3. The fraction of sp³-hybridized carbons (Fsp3) is 0.375. The van der Waals surface area contributed by atoms with Gasteiger partial charge in [0.1, 0.15) is 11.5 Å². The summed E-state index contributed by atoms with van der Waals surface area (Å²) in [4.78, 5) is 0. The van der Waals surface area contributed by atoms with E-state index in [2.05, 4.69) is 0 Å². The summed E-state index contributed by atoms with van der Waals surface area (Å²) in [7, 11) is 1.26. The molecule has 0 bridgehead atoms. The quantitative estimate of drug-likeness (QED) is 0.406. The molecule has 2 aliphatic rings. The van der Waals surface area contributed by atoms with Gasteiger partial charge in [0.15, 0.2) is 17.3 Å². The van der Waals surface area contributed by atoms with Crippen molar-refractivity contribution in [1.29, 1.82) is 0 Å². The van der Waals surface area contributed by atoms with Crippen molar-refractivity contribution in [3.63, 3.8) is 0 Å². The minimum Gasteiger partial charge on any atom is -0.494 e. The SMILES string of the molecule is CCC1=C(C)C2=C(c3cc(F)c(OC)cc3F)c3c(C)c(CC)c(C)n3[B-](F)(F)[N+]2=C1C. The van der Waals surface area contributed by atoms with Gasteiger partial charge in [-0.3, -0.25) is 0 Å². The number of hydrogen-bond acceptors (Lipinski definition) is 1. The third kappa shape index (κ3) is 2.71. The zero-order chi connectivity index (χ0) is 23.7. The molecule has 0 atom stereocenters. The molecule has 0 fully saturated rings. The summed E-state index contributed by atoms with van der Waals surface area (Å²) in [6, 6.07) is 2.03. The number of fused-ring (bicyclic) bond motifs is 2. The molecule has 4 rings (SSSR count). The summed E-state index contributed by atoms with van der Waals surface area (Å²) >= 11 is 0.